The third-order valence-electron chi connectivity index (χ3n) is 3.08. The summed E-state index contributed by atoms with van der Waals surface area (Å²) in [4.78, 5) is 0. The lowest BCUT2D eigenvalue weighted by molar-refractivity contribution is 0.0500. The van der Waals surface area contributed by atoms with Crippen molar-refractivity contribution in [2.24, 2.45) is 11.1 Å². The van der Waals surface area contributed by atoms with Gasteiger partial charge >= 0.3 is 0 Å². The van der Waals surface area contributed by atoms with Crippen LogP contribution in [0.25, 0.3) is 0 Å². The van der Waals surface area contributed by atoms with E-state index in [9.17, 15) is 5.11 Å². The van der Waals surface area contributed by atoms with E-state index in [1.807, 2.05) is 6.92 Å². The predicted octanol–water partition coefficient (Wildman–Crippen LogP) is 2.30. The first-order chi connectivity index (χ1) is 6.06. The molecule has 0 aromatic heterocycles. The number of nitrogens with two attached hydrogens (primary N) is 1. The Morgan fingerprint density at radius 3 is 2.31 bits per heavy atom. The van der Waals surface area contributed by atoms with E-state index in [1.165, 1.54) is 25.7 Å². The Morgan fingerprint density at radius 2 is 1.92 bits per heavy atom. The van der Waals surface area contributed by atoms with Crippen LogP contribution < -0.4 is 5.73 Å². The van der Waals surface area contributed by atoms with E-state index < -0.39 is 0 Å². The zero-order chi connectivity index (χ0) is 10.3. The van der Waals surface area contributed by atoms with Gasteiger partial charge < -0.3 is 10.8 Å². The molecule has 2 heteroatoms. The molecule has 3 N–H and O–H groups in total. The van der Waals surface area contributed by atoms with Crippen LogP contribution in [-0.2, 0) is 0 Å². The third-order valence-corrected chi connectivity index (χ3v) is 3.08. The SMILES string of the molecule is CCCCCCC(C)(CN)C(C)O. The fraction of sp³-hybridized carbons (Fsp3) is 1.00. The average Bonchev–Trinajstić information content (AvgIpc) is 2.12. The number of unbranched alkanes of at least 4 members (excludes halogenated alkanes) is 3. The van der Waals surface area contributed by atoms with Crippen molar-refractivity contribution in [2.75, 3.05) is 6.54 Å². The van der Waals surface area contributed by atoms with Crippen LogP contribution in [0.3, 0.4) is 0 Å². The van der Waals surface area contributed by atoms with Crippen LogP contribution in [0.1, 0.15) is 52.9 Å². The summed E-state index contributed by atoms with van der Waals surface area (Å²) in [7, 11) is 0. The molecule has 0 bridgehead atoms. The zero-order valence-electron chi connectivity index (χ0n) is 9.34. The molecule has 0 spiro atoms. The fourth-order valence-electron chi connectivity index (χ4n) is 1.44. The van der Waals surface area contributed by atoms with Crippen molar-refractivity contribution in [3.8, 4) is 0 Å². The van der Waals surface area contributed by atoms with Gasteiger partial charge in [0.1, 0.15) is 0 Å². The maximum atomic E-state index is 9.55. The van der Waals surface area contributed by atoms with Crippen molar-refractivity contribution in [1.29, 1.82) is 0 Å². The van der Waals surface area contributed by atoms with Crippen molar-refractivity contribution in [1.82, 2.24) is 0 Å². The number of aliphatic hydroxyl groups excluding tert-OH is 1. The summed E-state index contributed by atoms with van der Waals surface area (Å²) >= 11 is 0. The molecule has 0 aliphatic heterocycles. The first kappa shape index (κ1) is 12.9. The van der Waals surface area contributed by atoms with Crippen LogP contribution in [-0.4, -0.2) is 17.8 Å². The second-order valence-electron chi connectivity index (χ2n) is 4.34. The maximum absolute atomic E-state index is 9.55. The topological polar surface area (TPSA) is 46.2 Å². The van der Waals surface area contributed by atoms with Gasteiger partial charge in [0.25, 0.3) is 0 Å². The molecule has 2 atom stereocenters. The first-order valence-electron chi connectivity index (χ1n) is 5.45. The zero-order valence-corrected chi connectivity index (χ0v) is 9.34. The third kappa shape index (κ3) is 4.63. The molecule has 0 aliphatic carbocycles. The quantitative estimate of drug-likeness (QED) is 0.601. The molecule has 0 radical (unpaired) electrons. The molecule has 0 heterocycles. The lowest BCUT2D eigenvalue weighted by Crippen LogP contribution is -2.37. The molecule has 0 saturated carbocycles. The maximum Gasteiger partial charge on any atom is 0.0577 e. The number of rotatable bonds is 7. The number of aliphatic hydroxyl groups is 1. The van der Waals surface area contributed by atoms with Crippen molar-refractivity contribution in [3.05, 3.63) is 0 Å². The molecule has 0 amide bonds. The Labute approximate surface area is 82.5 Å². The molecule has 0 fully saturated rings. The van der Waals surface area contributed by atoms with Gasteiger partial charge in [-0.05, 0) is 13.3 Å². The van der Waals surface area contributed by atoms with E-state index in [-0.39, 0.29) is 11.5 Å². The van der Waals surface area contributed by atoms with E-state index in [0.29, 0.717) is 6.54 Å². The molecule has 0 rings (SSSR count). The Kier molecular flexibility index (Phi) is 6.35. The normalized spacial score (nSPS) is 18.2. The highest BCUT2D eigenvalue weighted by Crippen LogP contribution is 2.27. The van der Waals surface area contributed by atoms with Crippen LogP contribution in [0.5, 0.6) is 0 Å². The lowest BCUT2D eigenvalue weighted by Gasteiger charge is -2.31. The summed E-state index contributed by atoms with van der Waals surface area (Å²) in [5, 5.41) is 9.55. The monoisotopic (exact) mass is 187 g/mol. The van der Waals surface area contributed by atoms with E-state index in [0.717, 1.165) is 6.42 Å². The van der Waals surface area contributed by atoms with Gasteiger partial charge in [-0.1, -0.05) is 39.5 Å². The van der Waals surface area contributed by atoms with Crippen molar-refractivity contribution < 1.29 is 5.11 Å². The molecule has 0 saturated heterocycles. The van der Waals surface area contributed by atoms with Gasteiger partial charge in [-0.25, -0.2) is 0 Å². The summed E-state index contributed by atoms with van der Waals surface area (Å²) < 4.78 is 0. The van der Waals surface area contributed by atoms with Gasteiger partial charge in [0, 0.05) is 12.0 Å². The highest BCUT2D eigenvalue weighted by molar-refractivity contribution is 4.80. The van der Waals surface area contributed by atoms with Gasteiger partial charge in [-0.3, -0.25) is 0 Å². The van der Waals surface area contributed by atoms with Crippen LogP contribution >= 0.6 is 0 Å². The summed E-state index contributed by atoms with van der Waals surface area (Å²) in [5.41, 5.74) is 5.59. The predicted molar refractivity (Wildman–Crippen MR) is 57.6 cm³/mol. The van der Waals surface area contributed by atoms with Gasteiger partial charge in [-0.2, -0.15) is 0 Å². The minimum atomic E-state index is -0.292. The van der Waals surface area contributed by atoms with Gasteiger partial charge in [0.05, 0.1) is 6.10 Å². The fourth-order valence-corrected chi connectivity index (χ4v) is 1.44. The molecule has 2 unspecified atom stereocenters. The molecule has 2 nitrogen and oxygen atoms in total. The molecular formula is C11H25NO. The van der Waals surface area contributed by atoms with E-state index >= 15 is 0 Å². The van der Waals surface area contributed by atoms with Gasteiger partial charge in [-0.15, -0.1) is 0 Å². The largest absolute Gasteiger partial charge is 0.393 e. The molecule has 80 valence electrons. The van der Waals surface area contributed by atoms with Crippen molar-refractivity contribution in [3.63, 3.8) is 0 Å². The van der Waals surface area contributed by atoms with Crippen LogP contribution in [0.15, 0.2) is 0 Å². The van der Waals surface area contributed by atoms with Gasteiger partial charge in [0.15, 0.2) is 0 Å². The smallest absolute Gasteiger partial charge is 0.0577 e. The second kappa shape index (κ2) is 6.39. The Morgan fingerprint density at radius 1 is 1.31 bits per heavy atom. The number of hydrogen-bond acceptors (Lipinski definition) is 2. The Hall–Kier alpha value is -0.0800. The van der Waals surface area contributed by atoms with E-state index in [4.69, 9.17) is 5.73 Å². The van der Waals surface area contributed by atoms with Gasteiger partial charge in [0.2, 0.25) is 0 Å². The molecule has 13 heavy (non-hydrogen) atoms. The van der Waals surface area contributed by atoms with Crippen LogP contribution in [0.2, 0.25) is 0 Å². The molecule has 0 aliphatic rings. The minimum Gasteiger partial charge on any atom is -0.393 e. The molecule has 0 aromatic carbocycles. The lowest BCUT2D eigenvalue weighted by atomic mass is 9.80. The molecular weight excluding hydrogens is 162 g/mol. The van der Waals surface area contributed by atoms with Crippen molar-refractivity contribution >= 4 is 0 Å². The van der Waals surface area contributed by atoms with Crippen molar-refractivity contribution in [2.45, 2.75) is 59.0 Å². The van der Waals surface area contributed by atoms with Crippen LogP contribution in [0, 0.1) is 5.41 Å². The Balaban J connectivity index is 3.71. The summed E-state index contributed by atoms with van der Waals surface area (Å²) in [5.74, 6) is 0. The minimum absolute atomic E-state index is 0.0757. The summed E-state index contributed by atoms with van der Waals surface area (Å²) in [6, 6.07) is 0. The average molecular weight is 187 g/mol. The first-order valence-corrected chi connectivity index (χ1v) is 5.45. The van der Waals surface area contributed by atoms with E-state index in [1.54, 1.807) is 0 Å². The Bertz CT molecular complexity index is 125. The summed E-state index contributed by atoms with van der Waals surface area (Å²) in [6.45, 7) is 6.70. The highest BCUT2D eigenvalue weighted by Gasteiger charge is 2.27. The van der Waals surface area contributed by atoms with E-state index in [2.05, 4.69) is 13.8 Å². The second-order valence-corrected chi connectivity index (χ2v) is 4.34. The standard InChI is InChI=1S/C11H25NO/c1-4-5-6-7-8-11(3,9-12)10(2)13/h10,13H,4-9,12H2,1-3H3. The molecule has 0 aromatic rings. The highest BCUT2D eigenvalue weighted by atomic mass is 16.3. The number of hydrogen-bond donors (Lipinski definition) is 2. The summed E-state index contributed by atoms with van der Waals surface area (Å²) in [6.07, 6.45) is 5.75. The van der Waals surface area contributed by atoms with Crippen LogP contribution in [0.4, 0.5) is 0 Å².